The van der Waals surface area contributed by atoms with Crippen molar-refractivity contribution in [3.8, 4) is 0 Å². The quantitative estimate of drug-likeness (QED) is 0.270. The monoisotopic (exact) mass is 420 g/mol. The van der Waals surface area contributed by atoms with Gasteiger partial charge in [0.1, 0.15) is 11.5 Å². The van der Waals surface area contributed by atoms with Crippen LogP contribution in [0.25, 0.3) is 0 Å². The van der Waals surface area contributed by atoms with E-state index >= 15 is 0 Å². The van der Waals surface area contributed by atoms with Gasteiger partial charge in [-0.2, -0.15) is 0 Å². The van der Waals surface area contributed by atoms with Gasteiger partial charge in [-0.1, -0.05) is 56.5 Å². The average Bonchev–Trinajstić information content (AvgIpc) is 2.77. The Balaban J connectivity index is 2.00. The van der Waals surface area contributed by atoms with Crippen molar-refractivity contribution in [3.63, 3.8) is 0 Å². The van der Waals surface area contributed by atoms with Crippen LogP contribution >= 0.6 is 0 Å². The van der Waals surface area contributed by atoms with Crippen molar-refractivity contribution < 1.29 is 14.6 Å². The number of hydrogen-bond donors (Lipinski definition) is 3. The Hall–Kier alpha value is -3.47. The Morgan fingerprint density at radius 3 is 2.52 bits per heavy atom. The standard InChI is InChI=1S/C26H32N2O3/c1-4-8-22(23-9-6-7-10-24(23)29)17-25(19(3)27)31-16-15-20-11-13-21(14-12-20)18-28-26(30)5-2/h5,8-14,17,29H,2-4,6-7,15-16,18,27H2,1H3,(H,28,30)/b22-8-,25-17+. The molecule has 0 heterocycles. The van der Waals surface area contributed by atoms with Crippen LogP contribution in [0.15, 0.2) is 96.2 Å². The first-order valence-electron chi connectivity index (χ1n) is 10.5. The summed E-state index contributed by atoms with van der Waals surface area (Å²) in [6.07, 6.45) is 12.2. The molecule has 5 nitrogen and oxygen atoms in total. The molecule has 4 N–H and O–H groups in total. The Morgan fingerprint density at radius 1 is 1.23 bits per heavy atom. The minimum Gasteiger partial charge on any atom is -0.508 e. The molecule has 5 heteroatoms. The van der Waals surface area contributed by atoms with Gasteiger partial charge in [-0.05, 0) is 54.2 Å². The Morgan fingerprint density at radius 2 is 1.90 bits per heavy atom. The molecule has 0 saturated heterocycles. The van der Waals surface area contributed by atoms with E-state index in [-0.39, 0.29) is 11.7 Å². The second-order valence-corrected chi connectivity index (χ2v) is 7.22. The van der Waals surface area contributed by atoms with Crippen LogP contribution in [0, 0.1) is 0 Å². The summed E-state index contributed by atoms with van der Waals surface area (Å²) in [7, 11) is 0. The van der Waals surface area contributed by atoms with Crippen molar-refractivity contribution in [1.82, 2.24) is 5.32 Å². The maximum atomic E-state index is 11.3. The van der Waals surface area contributed by atoms with Gasteiger partial charge in [0.15, 0.2) is 0 Å². The van der Waals surface area contributed by atoms with Crippen LogP contribution in [0.2, 0.25) is 0 Å². The number of carbonyl (C=O) groups is 1. The van der Waals surface area contributed by atoms with E-state index in [0.717, 1.165) is 41.5 Å². The molecule has 1 aliphatic rings. The van der Waals surface area contributed by atoms with E-state index in [1.165, 1.54) is 6.08 Å². The van der Waals surface area contributed by atoms with Crippen molar-refractivity contribution in [2.24, 2.45) is 5.73 Å². The molecular formula is C26H32N2O3. The van der Waals surface area contributed by atoms with E-state index in [1.54, 1.807) is 0 Å². The summed E-state index contributed by atoms with van der Waals surface area (Å²) < 4.78 is 5.93. The highest BCUT2D eigenvalue weighted by atomic mass is 16.5. The van der Waals surface area contributed by atoms with E-state index < -0.39 is 0 Å². The van der Waals surface area contributed by atoms with E-state index in [4.69, 9.17) is 10.5 Å². The Bertz CT molecular complexity index is 918. The zero-order valence-electron chi connectivity index (χ0n) is 18.2. The molecule has 0 saturated carbocycles. The molecule has 164 valence electrons. The minimum absolute atomic E-state index is 0.192. The SMILES string of the molecule is C=CC(=O)NCc1ccc(CCO/C(=C/C(=C/CC)C2=CCCC=C2O)C(=C)N)cc1. The van der Waals surface area contributed by atoms with Crippen LogP contribution in [0.3, 0.4) is 0 Å². The van der Waals surface area contributed by atoms with Gasteiger partial charge in [0.2, 0.25) is 5.91 Å². The second-order valence-electron chi connectivity index (χ2n) is 7.22. The van der Waals surface area contributed by atoms with Gasteiger partial charge < -0.3 is 20.9 Å². The third-order valence-corrected chi connectivity index (χ3v) is 4.79. The lowest BCUT2D eigenvalue weighted by molar-refractivity contribution is -0.116. The zero-order valence-corrected chi connectivity index (χ0v) is 18.2. The maximum absolute atomic E-state index is 11.3. The first-order valence-corrected chi connectivity index (χ1v) is 10.5. The van der Waals surface area contributed by atoms with Crippen molar-refractivity contribution in [2.75, 3.05) is 6.61 Å². The van der Waals surface area contributed by atoms with Crippen LogP contribution in [0.5, 0.6) is 0 Å². The van der Waals surface area contributed by atoms with Gasteiger partial charge >= 0.3 is 0 Å². The number of benzene rings is 1. The molecule has 0 aromatic heterocycles. The molecular weight excluding hydrogens is 388 g/mol. The van der Waals surface area contributed by atoms with E-state index in [2.05, 4.69) is 18.5 Å². The van der Waals surface area contributed by atoms with Crippen molar-refractivity contribution in [2.45, 2.75) is 39.2 Å². The smallest absolute Gasteiger partial charge is 0.243 e. The largest absolute Gasteiger partial charge is 0.508 e. The molecule has 0 spiro atoms. The number of amides is 1. The van der Waals surface area contributed by atoms with Gasteiger partial charge in [-0.25, -0.2) is 0 Å². The number of allylic oxidation sites excluding steroid dienone is 5. The zero-order chi connectivity index (χ0) is 22.6. The fourth-order valence-corrected chi connectivity index (χ4v) is 3.13. The number of ether oxygens (including phenoxy) is 1. The molecule has 1 aromatic carbocycles. The number of nitrogens with two attached hydrogens (primary N) is 1. The van der Waals surface area contributed by atoms with Crippen LogP contribution in [-0.2, 0) is 22.5 Å². The molecule has 1 amide bonds. The molecule has 1 aromatic rings. The first kappa shape index (κ1) is 23.8. The number of aliphatic hydroxyl groups excluding tert-OH is 1. The summed E-state index contributed by atoms with van der Waals surface area (Å²) in [5.41, 5.74) is 10.1. The van der Waals surface area contributed by atoms with Gasteiger partial charge in [0.05, 0.1) is 12.3 Å². The highest BCUT2D eigenvalue weighted by molar-refractivity contribution is 5.86. The van der Waals surface area contributed by atoms with Crippen LogP contribution in [0.4, 0.5) is 0 Å². The van der Waals surface area contributed by atoms with Gasteiger partial charge in [0.25, 0.3) is 0 Å². The summed E-state index contributed by atoms with van der Waals surface area (Å²) >= 11 is 0. The first-order chi connectivity index (χ1) is 14.9. The molecule has 0 radical (unpaired) electrons. The average molecular weight is 421 g/mol. The lowest BCUT2D eigenvalue weighted by atomic mass is 9.96. The Kier molecular flexibility index (Phi) is 9.43. The molecule has 0 aliphatic heterocycles. The van der Waals surface area contributed by atoms with Crippen LogP contribution in [0.1, 0.15) is 37.3 Å². The molecule has 0 fully saturated rings. The van der Waals surface area contributed by atoms with Crippen molar-refractivity contribution >= 4 is 5.91 Å². The predicted molar refractivity (Wildman–Crippen MR) is 126 cm³/mol. The second kappa shape index (κ2) is 12.3. The summed E-state index contributed by atoms with van der Waals surface area (Å²) in [6.45, 7) is 10.2. The van der Waals surface area contributed by atoms with Gasteiger partial charge in [-0.3, -0.25) is 4.79 Å². The topological polar surface area (TPSA) is 84.6 Å². The number of carbonyl (C=O) groups excluding carboxylic acids is 1. The fourth-order valence-electron chi connectivity index (χ4n) is 3.13. The molecule has 0 unspecified atom stereocenters. The molecule has 0 bridgehead atoms. The number of aliphatic hydroxyl groups is 1. The maximum Gasteiger partial charge on any atom is 0.243 e. The molecule has 0 atom stereocenters. The highest BCUT2D eigenvalue weighted by Gasteiger charge is 2.13. The summed E-state index contributed by atoms with van der Waals surface area (Å²) in [6, 6.07) is 7.98. The van der Waals surface area contributed by atoms with Gasteiger partial charge in [0, 0.05) is 18.5 Å². The summed E-state index contributed by atoms with van der Waals surface area (Å²) in [5.74, 6) is 0.597. The lowest BCUT2D eigenvalue weighted by Gasteiger charge is -2.15. The third-order valence-electron chi connectivity index (χ3n) is 4.79. The third kappa shape index (κ3) is 7.70. The minimum atomic E-state index is -0.192. The molecule has 1 aliphatic carbocycles. The molecule has 31 heavy (non-hydrogen) atoms. The molecule has 2 rings (SSSR count). The number of rotatable bonds is 11. The Labute approximate surface area is 185 Å². The van der Waals surface area contributed by atoms with E-state index in [0.29, 0.717) is 31.0 Å². The lowest BCUT2D eigenvalue weighted by Crippen LogP contribution is -2.19. The van der Waals surface area contributed by atoms with Gasteiger partial charge in [-0.15, -0.1) is 0 Å². The predicted octanol–water partition coefficient (Wildman–Crippen LogP) is 4.90. The van der Waals surface area contributed by atoms with Crippen molar-refractivity contribution in [1.29, 1.82) is 0 Å². The highest BCUT2D eigenvalue weighted by Crippen LogP contribution is 2.26. The van der Waals surface area contributed by atoms with E-state index in [9.17, 15) is 9.90 Å². The summed E-state index contributed by atoms with van der Waals surface area (Å²) in [5, 5.41) is 13.0. The fraction of sp³-hybridized carbons (Fsp3) is 0.269. The number of hydrogen-bond acceptors (Lipinski definition) is 4. The summed E-state index contributed by atoms with van der Waals surface area (Å²) in [4.78, 5) is 11.3. The van der Waals surface area contributed by atoms with Crippen LogP contribution in [-0.4, -0.2) is 17.6 Å². The van der Waals surface area contributed by atoms with Crippen molar-refractivity contribution in [3.05, 3.63) is 107 Å². The number of nitrogens with one attached hydrogen (secondary N) is 1. The van der Waals surface area contributed by atoms with E-state index in [1.807, 2.05) is 55.5 Å². The van der Waals surface area contributed by atoms with Crippen LogP contribution < -0.4 is 11.1 Å². The normalized spacial score (nSPS) is 14.4.